The molecule has 1 aliphatic heterocycles. The molecule has 2 aromatic heterocycles. The van der Waals surface area contributed by atoms with Crippen molar-refractivity contribution >= 4 is 22.6 Å². The molecule has 0 atom stereocenters. The molecule has 1 fully saturated rings. The minimum Gasteiger partial charge on any atom is -0.351 e. The van der Waals surface area contributed by atoms with Crippen LogP contribution in [0.25, 0.3) is 16.6 Å². The number of para-hydroxylation sites is 1. The minimum atomic E-state index is 0.126. The number of fused-ring (bicyclic) bond motifs is 1. The fourth-order valence-electron chi connectivity index (χ4n) is 3.79. The van der Waals surface area contributed by atoms with Crippen molar-refractivity contribution in [2.45, 2.75) is 27.2 Å². The van der Waals surface area contributed by atoms with Crippen LogP contribution in [0.2, 0.25) is 0 Å². The van der Waals surface area contributed by atoms with Crippen molar-refractivity contribution in [3.63, 3.8) is 0 Å². The number of carbonyl (C=O) groups excluding carboxylic acids is 1. The first-order valence-electron chi connectivity index (χ1n) is 9.34. The summed E-state index contributed by atoms with van der Waals surface area (Å²) >= 11 is 0. The van der Waals surface area contributed by atoms with Crippen LogP contribution in [0.3, 0.4) is 0 Å². The van der Waals surface area contributed by atoms with Gasteiger partial charge < -0.3 is 9.80 Å². The first-order valence-corrected chi connectivity index (χ1v) is 9.34. The van der Waals surface area contributed by atoms with Crippen LogP contribution in [0, 0.1) is 13.8 Å². The summed E-state index contributed by atoms with van der Waals surface area (Å²) in [5, 5.41) is 14.8. The van der Waals surface area contributed by atoms with Crippen LogP contribution in [0.4, 0.5) is 5.82 Å². The Labute approximate surface area is 158 Å². The Bertz CT molecular complexity index is 981. The van der Waals surface area contributed by atoms with Crippen molar-refractivity contribution in [3.05, 3.63) is 41.7 Å². The molecule has 1 amide bonds. The molecule has 1 aromatic carbocycles. The van der Waals surface area contributed by atoms with Gasteiger partial charge in [-0.25, -0.2) is 4.68 Å². The van der Waals surface area contributed by atoms with Gasteiger partial charge in [-0.3, -0.25) is 4.79 Å². The standard InChI is InChI=1S/C20H24N6O/c1-14-18-15(2)26(17-8-5-4-6-9-17)23-19(18)20(22-21-14)25-11-7-10-24(12-13-25)16(3)27/h4-6,8-9H,7,10-13H2,1-3H3. The molecule has 27 heavy (non-hydrogen) atoms. The Hall–Kier alpha value is -2.96. The van der Waals surface area contributed by atoms with Crippen LogP contribution < -0.4 is 4.90 Å². The Morgan fingerprint density at radius 3 is 2.52 bits per heavy atom. The van der Waals surface area contributed by atoms with Gasteiger partial charge in [-0.15, -0.1) is 5.10 Å². The maximum Gasteiger partial charge on any atom is 0.219 e. The normalized spacial score (nSPS) is 15.2. The molecule has 1 aliphatic rings. The lowest BCUT2D eigenvalue weighted by molar-refractivity contribution is -0.128. The number of carbonyl (C=O) groups is 1. The largest absolute Gasteiger partial charge is 0.351 e. The Morgan fingerprint density at radius 2 is 1.78 bits per heavy atom. The van der Waals surface area contributed by atoms with Crippen molar-refractivity contribution in [2.75, 3.05) is 31.1 Å². The summed E-state index contributed by atoms with van der Waals surface area (Å²) in [6, 6.07) is 10.1. The SMILES string of the molecule is CC(=O)N1CCCN(c2nnc(C)c3c(C)n(-c4ccccc4)nc23)CC1. The summed E-state index contributed by atoms with van der Waals surface area (Å²) in [6.45, 7) is 8.74. The second-order valence-corrected chi connectivity index (χ2v) is 7.01. The monoisotopic (exact) mass is 364 g/mol. The van der Waals surface area contributed by atoms with E-state index >= 15 is 0 Å². The zero-order valence-corrected chi connectivity index (χ0v) is 16.0. The van der Waals surface area contributed by atoms with Gasteiger partial charge in [0.25, 0.3) is 0 Å². The molecule has 0 N–H and O–H groups in total. The third kappa shape index (κ3) is 3.13. The number of hydrogen-bond donors (Lipinski definition) is 0. The molecule has 4 rings (SSSR count). The summed E-state index contributed by atoms with van der Waals surface area (Å²) < 4.78 is 1.96. The third-order valence-electron chi connectivity index (χ3n) is 5.23. The van der Waals surface area contributed by atoms with E-state index in [1.807, 2.05) is 46.8 Å². The van der Waals surface area contributed by atoms with E-state index in [2.05, 4.69) is 22.0 Å². The molecule has 0 saturated carbocycles. The quantitative estimate of drug-likeness (QED) is 0.699. The molecular weight excluding hydrogens is 340 g/mol. The van der Waals surface area contributed by atoms with Crippen LogP contribution in [-0.4, -0.2) is 57.0 Å². The number of aryl methyl sites for hydroxylation is 2. The van der Waals surface area contributed by atoms with Crippen molar-refractivity contribution in [3.8, 4) is 5.69 Å². The van der Waals surface area contributed by atoms with E-state index in [-0.39, 0.29) is 5.91 Å². The molecule has 0 spiro atoms. The Morgan fingerprint density at radius 1 is 1.00 bits per heavy atom. The first-order chi connectivity index (χ1) is 13.1. The van der Waals surface area contributed by atoms with E-state index in [0.29, 0.717) is 6.54 Å². The van der Waals surface area contributed by atoms with Gasteiger partial charge in [0.05, 0.1) is 22.5 Å². The van der Waals surface area contributed by atoms with Crippen LogP contribution in [0.1, 0.15) is 24.7 Å². The predicted octanol–water partition coefficient (Wildman–Crippen LogP) is 2.49. The molecule has 3 heterocycles. The maximum absolute atomic E-state index is 11.7. The molecule has 1 saturated heterocycles. The van der Waals surface area contributed by atoms with Gasteiger partial charge in [-0.05, 0) is 32.4 Å². The van der Waals surface area contributed by atoms with Crippen molar-refractivity contribution in [1.29, 1.82) is 0 Å². The van der Waals surface area contributed by atoms with Crippen LogP contribution in [0.15, 0.2) is 30.3 Å². The summed E-state index contributed by atoms with van der Waals surface area (Å²) in [4.78, 5) is 15.8. The molecule has 0 aliphatic carbocycles. The van der Waals surface area contributed by atoms with Crippen LogP contribution in [0.5, 0.6) is 0 Å². The number of amides is 1. The number of benzene rings is 1. The van der Waals surface area contributed by atoms with E-state index in [9.17, 15) is 4.79 Å². The van der Waals surface area contributed by atoms with Gasteiger partial charge in [-0.1, -0.05) is 18.2 Å². The number of anilines is 1. The van der Waals surface area contributed by atoms with Crippen molar-refractivity contribution < 1.29 is 4.79 Å². The Kier molecular flexibility index (Phi) is 4.51. The number of aromatic nitrogens is 4. The highest BCUT2D eigenvalue weighted by Crippen LogP contribution is 2.29. The van der Waals surface area contributed by atoms with Gasteiger partial charge in [0.15, 0.2) is 5.82 Å². The smallest absolute Gasteiger partial charge is 0.219 e. The summed E-state index contributed by atoms with van der Waals surface area (Å²) in [5.74, 6) is 0.931. The zero-order chi connectivity index (χ0) is 19.0. The lowest BCUT2D eigenvalue weighted by Gasteiger charge is -2.22. The summed E-state index contributed by atoms with van der Waals surface area (Å²) in [7, 11) is 0. The highest BCUT2D eigenvalue weighted by atomic mass is 16.2. The fourth-order valence-corrected chi connectivity index (χ4v) is 3.79. The number of rotatable bonds is 2. The second kappa shape index (κ2) is 6.98. The van der Waals surface area contributed by atoms with E-state index < -0.39 is 0 Å². The van der Waals surface area contributed by atoms with Crippen molar-refractivity contribution in [2.24, 2.45) is 0 Å². The van der Waals surface area contributed by atoms with Gasteiger partial charge in [0.1, 0.15) is 5.52 Å². The molecule has 7 nitrogen and oxygen atoms in total. The minimum absolute atomic E-state index is 0.126. The number of hydrogen-bond acceptors (Lipinski definition) is 5. The summed E-state index contributed by atoms with van der Waals surface area (Å²) in [5.41, 5.74) is 3.84. The predicted molar refractivity (Wildman–Crippen MR) is 105 cm³/mol. The highest BCUT2D eigenvalue weighted by Gasteiger charge is 2.23. The molecule has 3 aromatic rings. The lowest BCUT2D eigenvalue weighted by Crippen LogP contribution is -2.34. The van der Waals surface area contributed by atoms with Crippen LogP contribution >= 0.6 is 0 Å². The number of nitrogens with zero attached hydrogens (tertiary/aromatic N) is 6. The zero-order valence-electron chi connectivity index (χ0n) is 16.0. The Balaban J connectivity index is 1.78. The first kappa shape index (κ1) is 17.5. The van der Waals surface area contributed by atoms with Crippen LogP contribution in [-0.2, 0) is 4.79 Å². The summed E-state index contributed by atoms with van der Waals surface area (Å²) in [6.07, 6.45) is 0.912. The second-order valence-electron chi connectivity index (χ2n) is 7.01. The molecule has 140 valence electrons. The highest BCUT2D eigenvalue weighted by molar-refractivity contribution is 5.92. The molecule has 0 bridgehead atoms. The topological polar surface area (TPSA) is 67.2 Å². The van der Waals surface area contributed by atoms with Gasteiger partial charge >= 0.3 is 0 Å². The van der Waals surface area contributed by atoms with Gasteiger partial charge in [0, 0.05) is 33.1 Å². The van der Waals surface area contributed by atoms with E-state index in [1.54, 1.807) is 6.92 Å². The fraction of sp³-hybridized carbons (Fsp3) is 0.400. The van der Waals surface area contributed by atoms with E-state index in [0.717, 1.165) is 59.9 Å². The molecule has 7 heteroatoms. The molecule has 0 unspecified atom stereocenters. The molecular formula is C20H24N6O. The maximum atomic E-state index is 11.7. The average Bonchev–Trinajstić information content (AvgIpc) is 2.86. The third-order valence-corrected chi connectivity index (χ3v) is 5.23. The van der Waals surface area contributed by atoms with E-state index in [1.165, 1.54) is 0 Å². The van der Waals surface area contributed by atoms with Crippen molar-refractivity contribution in [1.82, 2.24) is 24.9 Å². The lowest BCUT2D eigenvalue weighted by atomic mass is 10.2. The molecule has 0 radical (unpaired) electrons. The van der Waals surface area contributed by atoms with Gasteiger partial charge in [0.2, 0.25) is 5.91 Å². The van der Waals surface area contributed by atoms with Gasteiger partial charge in [-0.2, -0.15) is 10.2 Å². The van der Waals surface area contributed by atoms with E-state index in [4.69, 9.17) is 5.10 Å². The average molecular weight is 364 g/mol.